The van der Waals surface area contributed by atoms with Gasteiger partial charge in [0.15, 0.2) is 5.78 Å². The third kappa shape index (κ3) is 2.01. The molecule has 3 heteroatoms. The Bertz CT molecular complexity index is 410. The Labute approximate surface area is 88.4 Å². The molecule has 0 saturated carbocycles. The smallest absolute Gasteiger partial charge is 0.194 e. The van der Waals surface area contributed by atoms with Crippen LogP contribution in [0.5, 0.6) is 5.75 Å². The van der Waals surface area contributed by atoms with Crippen LogP contribution in [0.15, 0.2) is 36.0 Å². The third-order valence-electron chi connectivity index (χ3n) is 2.48. The summed E-state index contributed by atoms with van der Waals surface area (Å²) < 4.78 is 0. The molecule has 0 bridgehead atoms. The van der Waals surface area contributed by atoms with Gasteiger partial charge < -0.3 is 10.4 Å². The maximum atomic E-state index is 12.0. The lowest BCUT2D eigenvalue weighted by atomic mass is 9.98. The Kier molecular flexibility index (Phi) is 2.72. The molecule has 1 aliphatic rings. The van der Waals surface area contributed by atoms with Gasteiger partial charge in [0.25, 0.3) is 0 Å². The van der Waals surface area contributed by atoms with E-state index in [9.17, 15) is 9.90 Å². The Morgan fingerprint density at radius 1 is 1.33 bits per heavy atom. The monoisotopic (exact) mass is 203 g/mol. The van der Waals surface area contributed by atoms with Crippen molar-refractivity contribution < 1.29 is 9.90 Å². The average Bonchev–Trinajstić information content (AvgIpc) is 2.30. The maximum absolute atomic E-state index is 12.0. The van der Waals surface area contributed by atoms with Crippen LogP contribution in [-0.2, 0) is 0 Å². The number of Topliss-reactive ketones (excluding diaryl/α,β-unsaturated/α-hetero) is 1. The van der Waals surface area contributed by atoms with Crippen LogP contribution in [0.2, 0.25) is 0 Å². The molecule has 1 aliphatic heterocycles. The van der Waals surface area contributed by atoms with E-state index in [2.05, 4.69) is 5.32 Å². The second-order valence-electron chi connectivity index (χ2n) is 3.57. The summed E-state index contributed by atoms with van der Waals surface area (Å²) in [4.78, 5) is 12.0. The van der Waals surface area contributed by atoms with Crippen molar-refractivity contribution in [3.8, 4) is 5.75 Å². The number of aromatic hydroxyl groups is 1. The average molecular weight is 203 g/mol. The number of benzene rings is 1. The highest BCUT2D eigenvalue weighted by atomic mass is 16.3. The second-order valence-corrected chi connectivity index (χ2v) is 3.57. The zero-order valence-corrected chi connectivity index (χ0v) is 8.36. The van der Waals surface area contributed by atoms with E-state index in [1.807, 2.05) is 0 Å². The molecule has 15 heavy (non-hydrogen) atoms. The van der Waals surface area contributed by atoms with Gasteiger partial charge in [-0.25, -0.2) is 0 Å². The molecule has 78 valence electrons. The van der Waals surface area contributed by atoms with Crippen molar-refractivity contribution in [1.82, 2.24) is 5.32 Å². The Morgan fingerprint density at radius 2 is 2.13 bits per heavy atom. The van der Waals surface area contributed by atoms with Crippen molar-refractivity contribution in [3.05, 3.63) is 41.6 Å². The highest BCUT2D eigenvalue weighted by molar-refractivity contribution is 6.10. The van der Waals surface area contributed by atoms with E-state index in [1.54, 1.807) is 24.4 Å². The fourth-order valence-electron chi connectivity index (χ4n) is 1.67. The minimum atomic E-state index is -0.0831. The number of carbonyl (C=O) groups excluding carboxylic acids is 1. The van der Waals surface area contributed by atoms with E-state index in [0.29, 0.717) is 5.56 Å². The molecule has 0 atom stereocenters. The number of carbonyl (C=O) groups is 1. The number of ketones is 1. The SMILES string of the molecule is O=C(C1=CNCCC1)c1ccccc1O. The summed E-state index contributed by atoms with van der Waals surface area (Å²) in [5.74, 6) is -0.0331. The number of para-hydroxylation sites is 1. The molecule has 0 saturated heterocycles. The number of hydrogen-bond acceptors (Lipinski definition) is 3. The van der Waals surface area contributed by atoms with Gasteiger partial charge >= 0.3 is 0 Å². The first-order chi connectivity index (χ1) is 7.29. The molecule has 0 unspecified atom stereocenters. The van der Waals surface area contributed by atoms with E-state index in [-0.39, 0.29) is 11.5 Å². The zero-order valence-electron chi connectivity index (χ0n) is 8.36. The first-order valence-electron chi connectivity index (χ1n) is 5.04. The normalized spacial score (nSPS) is 15.3. The van der Waals surface area contributed by atoms with Crippen LogP contribution >= 0.6 is 0 Å². The number of nitrogens with one attached hydrogen (secondary N) is 1. The van der Waals surface area contributed by atoms with E-state index in [1.165, 1.54) is 6.07 Å². The van der Waals surface area contributed by atoms with E-state index < -0.39 is 0 Å². The molecule has 2 rings (SSSR count). The lowest BCUT2D eigenvalue weighted by molar-refractivity contribution is 0.102. The topological polar surface area (TPSA) is 49.3 Å². The third-order valence-corrected chi connectivity index (χ3v) is 2.48. The molecule has 3 nitrogen and oxygen atoms in total. The van der Waals surface area contributed by atoms with Crippen LogP contribution in [0.25, 0.3) is 0 Å². The molecule has 0 aliphatic carbocycles. The summed E-state index contributed by atoms with van der Waals surface area (Å²) in [5, 5.41) is 12.6. The van der Waals surface area contributed by atoms with Gasteiger partial charge in [-0.3, -0.25) is 4.79 Å². The maximum Gasteiger partial charge on any atom is 0.194 e. The quantitative estimate of drug-likeness (QED) is 0.721. The van der Waals surface area contributed by atoms with Gasteiger partial charge in [0.05, 0.1) is 5.56 Å². The van der Waals surface area contributed by atoms with Gasteiger partial charge in [-0.1, -0.05) is 12.1 Å². The number of rotatable bonds is 2. The van der Waals surface area contributed by atoms with E-state index in [0.717, 1.165) is 25.0 Å². The summed E-state index contributed by atoms with van der Waals surface area (Å²) in [6.07, 6.45) is 3.49. The molecule has 0 amide bonds. The van der Waals surface area contributed by atoms with Crippen LogP contribution in [0, 0.1) is 0 Å². The van der Waals surface area contributed by atoms with Gasteiger partial charge in [0.1, 0.15) is 5.75 Å². The fourth-order valence-corrected chi connectivity index (χ4v) is 1.67. The summed E-state index contributed by atoms with van der Waals surface area (Å²) in [7, 11) is 0. The lowest BCUT2D eigenvalue weighted by Crippen LogP contribution is -2.18. The van der Waals surface area contributed by atoms with E-state index >= 15 is 0 Å². The molecule has 1 aromatic carbocycles. The Morgan fingerprint density at radius 3 is 2.80 bits per heavy atom. The molecule has 1 heterocycles. The Hall–Kier alpha value is -1.77. The molecule has 0 fully saturated rings. The summed E-state index contributed by atoms with van der Waals surface area (Å²) >= 11 is 0. The molecular weight excluding hydrogens is 190 g/mol. The first-order valence-corrected chi connectivity index (χ1v) is 5.04. The number of phenolic OH excluding ortho intramolecular Hbond substituents is 1. The van der Waals surface area contributed by atoms with Crippen LogP contribution in [0.4, 0.5) is 0 Å². The van der Waals surface area contributed by atoms with Crippen molar-refractivity contribution in [3.63, 3.8) is 0 Å². The molecule has 0 spiro atoms. The highest BCUT2D eigenvalue weighted by Gasteiger charge is 2.16. The molecular formula is C12H13NO2. The van der Waals surface area contributed by atoms with Gasteiger partial charge in [-0.2, -0.15) is 0 Å². The standard InChI is InChI=1S/C12H13NO2/c14-11-6-2-1-5-10(11)12(15)9-4-3-7-13-8-9/h1-2,5-6,8,13-14H,3-4,7H2. The minimum Gasteiger partial charge on any atom is -0.507 e. The number of phenols is 1. The molecule has 0 aromatic heterocycles. The van der Waals surface area contributed by atoms with Crippen molar-refractivity contribution >= 4 is 5.78 Å². The minimum absolute atomic E-state index is 0.0500. The van der Waals surface area contributed by atoms with Crippen molar-refractivity contribution in [2.24, 2.45) is 0 Å². The van der Waals surface area contributed by atoms with Crippen molar-refractivity contribution in [2.45, 2.75) is 12.8 Å². The van der Waals surface area contributed by atoms with Gasteiger partial charge in [-0.15, -0.1) is 0 Å². The number of hydrogen-bond donors (Lipinski definition) is 2. The molecule has 1 aromatic rings. The molecule has 0 radical (unpaired) electrons. The number of allylic oxidation sites excluding steroid dienone is 1. The van der Waals surface area contributed by atoms with Gasteiger partial charge in [0.2, 0.25) is 0 Å². The lowest BCUT2D eigenvalue weighted by Gasteiger charge is -2.13. The van der Waals surface area contributed by atoms with Crippen molar-refractivity contribution in [1.29, 1.82) is 0 Å². The fraction of sp³-hybridized carbons (Fsp3) is 0.250. The predicted octanol–water partition coefficient (Wildman–Crippen LogP) is 1.84. The largest absolute Gasteiger partial charge is 0.507 e. The Balaban J connectivity index is 2.28. The second kappa shape index (κ2) is 4.17. The van der Waals surface area contributed by atoms with Crippen LogP contribution in [0.1, 0.15) is 23.2 Å². The van der Waals surface area contributed by atoms with Crippen LogP contribution in [-0.4, -0.2) is 17.4 Å². The molecule has 2 N–H and O–H groups in total. The summed E-state index contributed by atoms with van der Waals surface area (Å²) in [5.41, 5.74) is 1.12. The predicted molar refractivity (Wildman–Crippen MR) is 57.8 cm³/mol. The summed E-state index contributed by atoms with van der Waals surface area (Å²) in [6, 6.07) is 6.64. The first kappa shape index (κ1) is 9.77. The summed E-state index contributed by atoms with van der Waals surface area (Å²) in [6.45, 7) is 0.914. The highest BCUT2D eigenvalue weighted by Crippen LogP contribution is 2.22. The van der Waals surface area contributed by atoms with Gasteiger partial charge in [-0.05, 0) is 25.0 Å². The van der Waals surface area contributed by atoms with Gasteiger partial charge in [0, 0.05) is 18.3 Å². The van der Waals surface area contributed by atoms with Crippen LogP contribution in [0.3, 0.4) is 0 Å². The zero-order chi connectivity index (χ0) is 10.7. The van der Waals surface area contributed by atoms with Crippen LogP contribution < -0.4 is 5.32 Å². The van der Waals surface area contributed by atoms with E-state index in [4.69, 9.17) is 0 Å². The van der Waals surface area contributed by atoms with Crippen molar-refractivity contribution in [2.75, 3.05) is 6.54 Å².